The van der Waals surface area contributed by atoms with E-state index in [1.54, 1.807) is 25.4 Å². The minimum atomic E-state index is -0.238. The SMILES string of the molecule is COc1nc(N2CCN(C(=O)CC34CC5CC(CC(C5)C3)C4)CC2)ccc1Nc1ncc2c(C)cc(=O)n(-c3cccc(NC(=O)C4CC4)c3)c2n1. The number of fused-ring (bicyclic) bond motifs is 1. The third-order valence-electron chi connectivity index (χ3n) is 12.2. The van der Waals surface area contributed by atoms with Crippen LogP contribution in [-0.2, 0) is 9.59 Å². The van der Waals surface area contributed by atoms with Crippen molar-refractivity contribution in [3.63, 3.8) is 0 Å². The molecule has 52 heavy (non-hydrogen) atoms. The maximum absolute atomic E-state index is 13.6. The molecular formula is C40H46N8O4. The molecule has 6 aliphatic rings. The van der Waals surface area contributed by atoms with Gasteiger partial charge >= 0.3 is 0 Å². The second kappa shape index (κ2) is 12.9. The summed E-state index contributed by atoms with van der Waals surface area (Å²) >= 11 is 0. The molecule has 0 atom stereocenters. The van der Waals surface area contributed by atoms with Gasteiger partial charge in [-0.2, -0.15) is 9.97 Å². The molecular weight excluding hydrogens is 656 g/mol. The number of nitrogens with zero attached hydrogens (tertiary/aromatic N) is 6. The first-order chi connectivity index (χ1) is 25.2. The number of pyridine rings is 2. The normalized spacial score (nSPS) is 25.0. The monoisotopic (exact) mass is 702 g/mol. The number of hydrogen-bond donors (Lipinski definition) is 2. The molecule has 1 aromatic carbocycles. The van der Waals surface area contributed by atoms with Crippen LogP contribution in [0.25, 0.3) is 16.7 Å². The van der Waals surface area contributed by atoms with Crippen molar-refractivity contribution in [3.05, 3.63) is 64.6 Å². The third-order valence-corrected chi connectivity index (χ3v) is 12.2. The standard InChI is InChI=1S/C40H46N8O4/c1-24-14-34(49)48(30-5-3-4-29(18-30)42-37(51)28-6-7-28)36-31(24)23-41-39(45-36)43-32-8-9-33(44-38(32)52-2)46-10-12-47(13-11-46)35(50)22-40-19-25-15-26(20-40)17-27(16-25)21-40/h3-5,8-9,14,18,23,25-28H,6-7,10-13,15-17,19-22H2,1-2H3,(H,42,51)(H,41,43,45). The summed E-state index contributed by atoms with van der Waals surface area (Å²) in [5, 5.41) is 6.95. The minimum Gasteiger partial charge on any atom is -0.479 e. The zero-order chi connectivity index (χ0) is 35.6. The van der Waals surface area contributed by atoms with Crippen LogP contribution in [0.15, 0.2) is 53.5 Å². The molecule has 5 aliphatic carbocycles. The van der Waals surface area contributed by atoms with Gasteiger partial charge in [0.2, 0.25) is 23.6 Å². The lowest BCUT2D eigenvalue weighted by atomic mass is 9.49. The number of hydrogen-bond acceptors (Lipinski definition) is 9. The second-order valence-electron chi connectivity index (χ2n) is 16.1. The third kappa shape index (κ3) is 6.26. The summed E-state index contributed by atoms with van der Waals surface area (Å²) in [6.45, 7) is 4.67. The van der Waals surface area contributed by atoms with Crippen LogP contribution in [0.5, 0.6) is 5.88 Å². The van der Waals surface area contributed by atoms with Crippen LogP contribution >= 0.6 is 0 Å². The maximum atomic E-state index is 13.6. The topological polar surface area (TPSA) is 135 Å². The smallest absolute Gasteiger partial charge is 0.257 e. The summed E-state index contributed by atoms with van der Waals surface area (Å²) in [5.74, 6) is 4.40. The van der Waals surface area contributed by atoms with Crippen LogP contribution in [0.3, 0.4) is 0 Å². The van der Waals surface area contributed by atoms with Crippen LogP contribution in [0.2, 0.25) is 0 Å². The first kappa shape index (κ1) is 32.9. The number of piperazine rings is 1. The molecule has 2 amide bonds. The molecule has 6 fully saturated rings. The summed E-state index contributed by atoms with van der Waals surface area (Å²) in [4.78, 5) is 57.9. The molecule has 1 aliphatic heterocycles. The Kier molecular flexibility index (Phi) is 8.15. The van der Waals surface area contributed by atoms with Gasteiger partial charge in [0.1, 0.15) is 11.5 Å². The highest BCUT2D eigenvalue weighted by atomic mass is 16.5. The van der Waals surface area contributed by atoms with Crippen molar-refractivity contribution in [1.29, 1.82) is 0 Å². The van der Waals surface area contributed by atoms with E-state index in [4.69, 9.17) is 14.7 Å². The summed E-state index contributed by atoms with van der Waals surface area (Å²) in [6.07, 6.45) is 12.2. The summed E-state index contributed by atoms with van der Waals surface area (Å²) in [7, 11) is 1.58. The van der Waals surface area contributed by atoms with Crippen molar-refractivity contribution in [2.75, 3.05) is 48.8 Å². The highest BCUT2D eigenvalue weighted by Crippen LogP contribution is 2.61. The lowest BCUT2D eigenvalue weighted by Crippen LogP contribution is -2.52. The number of aromatic nitrogens is 4. The van der Waals surface area contributed by atoms with Crippen molar-refractivity contribution in [2.45, 2.75) is 64.7 Å². The highest BCUT2D eigenvalue weighted by molar-refractivity contribution is 5.94. The number of aryl methyl sites for hydroxylation is 1. The van der Waals surface area contributed by atoms with E-state index in [1.807, 2.05) is 37.3 Å². The van der Waals surface area contributed by atoms with Crippen LogP contribution in [0.4, 0.5) is 23.1 Å². The number of ether oxygens (including phenoxy) is 1. The average molecular weight is 703 g/mol. The maximum Gasteiger partial charge on any atom is 0.257 e. The number of carbonyl (C=O) groups is 2. The zero-order valence-electron chi connectivity index (χ0n) is 29.9. The molecule has 5 saturated carbocycles. The van der Waals surface area contributed by atoms with Gasteiger partial charge in [0.25, 0.3) is 5.56 Å². The van der Waals surface area contributed by atoms with Gasteiger partial charge in [-0.05, 0) is 117 Å². The lowest BCUT2D eigenvalue weighted by molar-refractivity contribution is -0.139. The number of nitrogens with one attached hydrogen (secondary N) is 2. The van der Waals surface area contributed by atoms with Crippen molar-refractivity contribution < 1.29 is 14.3 Å². The first-order valence-electron chi connectivity index (χ1n) is 18.9. The van der Waals surface area contributed by atoms with E-state index in [-0.39, 0.29) is 28.7 Å². The summed E-state index contributed by atoms with van der Waals surface area (Å²) in [5.41, 5.74) is 3.02. The van der Waals surface area contributed by atoms with E-state index in [2.05, 4.69) is 25.4 Å². The largest absolute Gasteiger partial charge is 0.479 e. The van der Waals surface area contributed by atoms with Crippen molar-refractivity contribution >= 4 is 46.0 Å². The summed E-state index contributed by atoms with van der Waals surface area (Å²) < 4.78 is 7.25. The van der Waals surface area contributed by atoms with Crippen LogP contribution in [0.1, 0.15) is 63.4 Å². The Labute approximate surface area is 303 Å². The van der Waals surface area contributed by atoms with Gasteiger partial charge in [-0.15, -0.1) is 0 Å². The zero-order valence-corrected chi connectivity index (χ0v) is 29.9. The molecule has 0 radical (unpaired) electrons. The van der Waals surface area contributed by atoms with Gasteiger partial charge < -0.3 is 25.2 Å². The molecule has 4 aromatic rings. The fourth-order valence-electron chi connectivity index (χ4n) is 9.98. The fourth-order valence-corrected chi connectivity index (χ4v) is 9.98. The lowest BCUT2D eigenvalue weighted by Gasteiger charge is -2.57. The minimum absolute atomic E-state index is 0.000401. The van der Waals surface area contributed by atoms with E-state index < -0.39 is 0 Å². The fraction of sp³-hybridized carbons (Fsp3) is 0.500. The van der Waals surface area contributed by atoms with Gasteiger partial charge in [-0.25, -0.2) is 4.98 Å². The first-order valence-corrected chi connectivity index (χ1v) is 18.9. The van der Waals surface area contributed by atoms with E-state index in [0.717, 1.165) is 53.8 Å². The Morgan fingerprint density at radius 2 is 1.67 bits per heavy atom. The van der Waals surface area contributed by atoms with Crippen LogP contribution in [0, 0.1) is 36.0 Å². The molecule has 2 N–H and O–H groups in total. The molecule has 270 valence electrons. The molecule has 4 bridgehead atoms. The molecule has 4 heterocycles. The molecule has 3 aromatic heterocycles. The Hall–Kier alpha value is -5.00. The van der Waals surface area contributed by atoms with Crippen molar-refractivity contribution in [2.24, 2.45) is 29.1 Å². The predicted molar refractivity (Wildman–Crippen MR) is 199 cm³/mol. The van der Waals surface area contributed by atoms with E-state index in [9.17, 15) is 14.4 Å². The Morgan fingerprint density at radius 1 is 0.942 bits per heavy atom. The van der Waals surface area contributed by atoms with Crippen LogP contribution in [-0.4, -0.2) is 69.5 Å². The molecule has 0 unspecified atom stereocenters. The van der Waals surface area contributed by atoms with E-state index in [0.29, 0.717) is 60.7 Å². The number of anilines is 4. The van der Waals surface area contributed by atoms with Gasteiger partial charge in [0.05, 0.1) is 12.8 Å². The van der Waals surface area contributed by atoms with Crippen molar-refractivity contribution in [3.8, 4) is 11.6 Å². The number of amides is 2. The van der Waals surface area contributed by atoms with Gasteiger partial charge in [0.15, 0.2) is 5.65 Å². The highest BCUT2D eigenvalue weighted by Gasteiger charge is 2.51. The Balaban J connectivity index is 0.899. The summed E-state index contributed by atoms with van der Waals surface area (Å²) in [6, 6.07) is 12.7. The average Bonchev–Trinajstić information content (AvgIpc) is 3.98. The number of carbonyl (C=O) groups excluding carboxylic acids is 2. The quantitative estimate of drug-likeness (QED) is 0.221. The molecule has 12 heteroatoms. The molecule has 1 saturated heterocycles. The molecule has 12 nitrogen and oxygen atoms in total. The van der Waals surface area contributed by atoms with Crippen molar-refractivity contribution in [1.82, 2.24) is 24.4 Å². The van der Waals surface area contributed by atoms with E-state index >= 15 is 0 Å². The number of methoxy groups -OCH3 is 1. The van der Waals surface area contributed by atoms with Gasteiger partial charge in [0, 0.05) is 61.9 Å². The Morgan fingerprint density at radius 3 is 2.37 bits per heavy atom. The van der Waals surface area contributed by atoms with Gasteiger partial charge in [-0.1, -0.05) is 6.07 Å². The second-order valence-corrected chi connectivity index (χ2v) is 16.1. The molecule has 0 spiro atoms. The van der Waals surface area contributed by atoms with E-state index in [1.165, 1.54) is 43.1 Å². The molecule has 10 rings (SSSR count). The number of rotatable bonds is 9. The predicted octanol–water partition coefficient (Wildman–Crippen LogP) is 5.84. The Bertz CT molecular complexity index is 2080. The van der Waals surface area contributed by atoms with Gasteiger partial charge in [-0.3, -0.25) is 19.0 Å². The van der Waals surface area contributed by atoms with Crippen LogP contribution < -0.4 is 25.8 Å². The number of benzene rings is 1.